The van der Waals surface area contributed by atoms with Gasteiger partial charge in [-0.05, 0) is 138 Å². The van der Waals surface area contributed by atoms with Crippen molar-refractivity contribution >= 4 is 64.6 Å². The van der Waals surface area contributed by atoms with E-state index in [1.54, 1.807) is 0 Å². The predicted octanol–water partition coefficient (Wildman–Crippen LogP) is 15.5. The van der Waals surface area contributed by atoms with Crippen molar-refractivity contribution in [1.29, 1.82) is 0 Å². The lowest BCUT2D eigenvalue weighted by Crippen LogP contribution is -2.15. The molecule has 1 aliphatic rings. The van der Waals surface area contributed by atoms with Gasteiger partial charge in [0.05, 0.1) is 0 Å². The summed E-state index contributed by atoms with van der Waals surface area (Å²) < 4.78 is 0. The smallest absolute Gasteiger partial charge is 0.0159 e. The van der Waals surface area contributed by atoms with Gasteiger partial charge in [-0.1, -0.05) is 180 Å². The Labute approximate surface area is 322 Å². The van der Waals surface area contributed by atoms with E-state index in [-0.39, 0.29) is 10.8 Å². The third kappa shape index (κ3) is 4.58. The molecule has 0 bridgehead atoms. The molecule has 0 fully saturated rings. The topological polar surface area (TPSA) is 0 Å². The van der Waals surface area contributed by atoms with E-state index in [2.05, 4.69) is 198 Å². The van der Waals surface area contributed by atoms with Crippen molar-refractivity contribution in [2.75, 3.05) is 0 Å². The van der Waals surface area contributed by atoms with E-state index in [0.717, 1.165) is 0 Å². The second-order valence-electron chi connectivity index (χ2n) is 17.3. The van der Waals surface area contributed by atoms with Crippen molar-refractivity contribution in [2.45, 2.75) is 45.4 Å². The molecule has 0 nitrogen and oxygen atoms in total. The fraction of sp³-hybridized carbons (Fsp3) is 0.127. The largest absolute Gasteiger partial charge is 0.0616 e. The molecule has 0 aliphatic heterocycles. The van der Waals surface area contributed by atoms with Crippen molar-refractivity contribution in [3.63, 3.8) is 0 Å². The van der Waals surface area contributed by atoms with Crippen LogP contribution in [0.15, 0.2) is 164 Å². The highest BCUT2D eigenvalue weighted by atomic mass is 14.4. The Balaban J connectivity index is 1.21. The minimum Gasteiger partial charge on any atom is -0.0616 e. The van der Waals surface area contributed by atoms with Crippen LogP contribution in [0.3, 0.4) is 0 Å². The van der Waals surface area contributed by atoms with Gasteiger partial charge in [0, 0.05) is 5.41 Å². The molecule has 0 amide bonds. The van der Waals surface area contributed by atoms with Gasteiger partial charge in [-0.25, -0.2) is 0 Å². The van der Waals surface area contributed by atoms with Crippen molar-refractivity contribution in [3.8, 4) is 33.4 Å². The van der Waals surface area contributed by atoms with Gasteiger partial charge in [0.2, 0.25) is 0 Å². The Hall–Kier alpha value is -6.24. The third-order valence-electron chi connectivity index (χ3n) is 12.7. The molecule has 55 heavy (non-hydrogen) atoms. The first kappa shape index (κ1) is 32.2. The van der Waals surface area contributed by atoms with Gasteiger partial charge in [0.15, 0.2) is 0 Å². The lowest BCUT2D eigenvalue weighted by molar-refractivity contribution is 0.601. The van der Waals surface area contributed by atoms with Crippen LogP contribution in [-0.2, 0) is 10.8 Å². The monoisotopic (exact) mass is 702 g/mol. The van der Waals surface area contributed by atoms with Crippen LogP contribution < -0.4 is 0 Å². The molecule has 0 atom stereocenters. The Bertz CT molecular complexity index is 3260. The van der Waals surface area contributed by atoms with Gasteiger partial charge in [0.25, 0.3) is 0 Å². The molecule has 0 heteroatoms. The van der Waals surface area contributed by atoms with Crippen LogP contribution in [0.2, 0.25) is 0 Å². The molecular weight excluding hydrogens is 661 g/mol. The van der Waals surface area contributed by atoms with E-state index in [0.29, 0.717) is 0 Å². The summed E-state index contributed by atoms with van der Waals surface area (Å²) in [5.74, 6) is 0. The lowest BCUT2D eigenvalue weighted by Gasteiger charge is -2.27. The summed E-state index contributed by atoms with van der Waals surface area (Å²) in [4.78, 5) is 0. The fourth-order valence-electron chi connectivity index (χ4n) is 10.2. The SMILES string of the molecule is CC(C)(C)c1c2ccccc2c(-c2cc3c4ccccc4ccc3c3ccccc23)c2ccc(-c3ccc4c(c3)C(C)(C)c3ccc5ccccc5c3-4)cc12. The Morgan fingerprint density at radius 3 is 1.65 bits per heavy atom. The van der Waals surface area contributed by atoms with Crippen LogP contribution in [0, 0.1) is 0 Å². The van der Waals surface area contributed by atoms with Gasteiger partial charge in [0.1, 0.15) is 0 Å². The second-order valence-corrected chi connectivity index (χ2v) is 17.3. The zero-order valence-electron chi connectivity index (χ0n) is 32.1. The molecule has 0 aromatic heterocycles. The summed E-state index contributed by atoms with van der Waals surface area (Å²) in [6, 6.07) is 62.0. The minimum absolute atomic E-state index is 0.0840. The predicted molar refractivity (Wildman–Crippen MR) is 239 cm³/mol. The van der Waals surface area contributed by atoms with E-state index in [1.807, 2.05) is 0 Å². The van der Waals surface area contributed by atoms with Gasteiger partial charge < -0.3 is 0 Å². The van der Waals surface area contributed by atoms with Crippen LogP contribution in [0.5, 0.6) is 0 Å². The molecule has 11 rings (SSSR count). The summed E-state index contributed by atoms with van der Waals surface area (Å²) >= 11 is 0. The molecule has 0 saturated heterocycles. The maximum absolute atomic E-state index is 2.50. The highest BCUT2D eigenvalue weighted by Crippen LogP contribution is 2.53. The van der Waals surface area contributed by atoms with Gasteiger partial charge in [-0.15, -0.1) is 0 Å². The molecule has 0 spiro atoms. The molecule has 262 valence electrons. The molecule has 0 unspecified atom stereocenters. The summed E-state index contributed by atoms with van der Waals surface area (Å²) in [6.07, 6.45) is 0. The zero-order valence-corrected chi connectivity index (χ0v) is 32.1. The van der Waals surface area contributed by atoms with Crippen LogP contribution in [0.1, 0.15) is 51.3 Å². The quantitative estimate of drug-likeness (QED) is 0.124. The number of rotatable bonds is 2. The molecule has 0 N–H and O–H groups in total. The van der Waals surface area contributed by atoms with E-state index in [4.69, 9.17) is 0 Å². The first-order valence-electron chi connectivity index (χ1n) is 19.7. The average Bonchev–Trinajstić information content (AvgIpc) is 3.44. The standard InChI is InChI=1S/C55H42/c1-54(2,3)53-44-21-13-12-20-42(44)51(47-32-46-37-16-8-6-14-33(37)22-26-41(46)39-18-10-11-19-40(39)47)43-27-23-35(30-48(43)53)36-24-28-45-50(31-36)55(4,5)49-29-25-34-15-7-9-17-38(34)52(45)49/h6-32H,1-5H3. The Morgan fingerprint density at radius 2 is 0.891 bits per heavy atom. The molecule has 10 aromatic carbocycles. The van der Waals surface area contributed by atoms with Crippen LogP contribution in [0.25, 0.3) is 98.0 Å². The zero-order chi connectivity index (χ0) is 37.2. The summed E-state index contributed by atoms with van der Waals surface area (Å²) in [7, 11) is 0. The molecule has 1 aliphatic carbocycles. The normalized spacial score (nSPS) is 13.7. The van der Waals surface area contributed by atoms with E-state index < -0.39 is 0 Å². The number of fused-ring (bicyclic) bond motifs is 12. The van der Waals surface area contributed by atoms with Gasteiger partial charge in [-0.3, -0.25) is 0 Å². The molecule has 0 heterocycles. The number of hydrogen-bond donors (Lipinski definition) is 0. The first-order valence-corrected chi connectivity index (χ1v) is 19.7. The molecule has 0 radical (unpaired) electrons. The van der Waals surface area contributed by atoms with Gasteiger partial charge >= 0.3 is 0 Å². The van der Waals surface area contributed by atoms with E-state index >= 15 is 0 Å². The van der Waals surface area contributed by atoms with E-state index in [9.17, 15) is 0 Å². The van der Waals surface area contributed by atoms with Crippen LogP contribution in [0.4, 0.5) is 0 Å². The maximum Gasteiger partial charge on any atom is 0.0159 e. The van der Waals surface area contributed by atoms with Crippen molar-refractivity contribution in [2.24, 2.45) is 0 Å². The average molecular weight is 703 g/mol. The third-order valence-corrected chi connectivity index (χ3v) is 12.7. The van der Waals surface area contributed by atoms with Crippen LogP contribution in [-0.4, -0.2) is 0 Å². The Morgan fingerprint density at radius 1 is 0.345 bits per heavy atom. The van der Waals surface area contributed by atoms with Crippen LogP contribution >= 0.6 is 0 Å². The summed E-state index contributed by atoms with van der Waals surface area (Å²) in [5.41, 5.74) is 11.9. The van der Waals surface area contributed by atoms with Crippen molar-refractivity contribution in [1.82, 2.24) is 0 Å². The first-order chi connectivity index (χ1) is 26.7. The lowest BCUT2D eigenvalue weighted by atomic mass is 9.76. The molecular formula is C55H42. The van der Waals surface area contributed by atoms with Crippen molar-refractivity contribution in [3.05, 3.63) is 180 Å². The maximum atomic E-state index is 2.50. The fourth-order valence-corrected chi connectivity index (χ4v) is 10.2. The summed E-state index contributed by atoms with van der Waals surface area (Å²) in [6.45, 7) is 11.9. The second kappa shape index (κ2) is 11.4. The number of benzene rings is 10. The summed E-state index contributed by atoms with van der Waals surface area (Å²) in [5, 5.41) is 15.7. The van der Waals surface area contributed by atoms with Crippen molar-refractivity contribution < 1.29 is 0 Å². The highest BCUT2D eigenvalue weighted by molar-refractivity contribution is 6.26. The van der Waals surface area contributed by atoms with Gasteiger partial charge in [-0.2, -0.15) is 0 Å². The minimum atomic E-state index is -0.0944. The Kier molecular flexibility index (Phi) is 6.67. The highest BCUT2D eigenvalue weighted by Gasteiger charge is 2.36. The van der Waals surface area contributed by atoms with E-state index in [1.165, 1.54) is 115 Å². The molecule has 0 saturated carbocycles. The number of hydrogen-bond acceptors (Lipinski definition) is 0. The molecule has 10 aromatic rings.